The van der Waals surface area contributed by atoms with Crippen molar-refractivity contribution in [1.29, 1.82) is 0 Å². The van der Waals surface area contributed by atoms with E-state index >= 15 is 0 Å². The van der Waals surface area contributed by atoms with Crippen LogP contribution in [0.15, 0.2) is 78.0 Å². The smallest absolute Gasteiger partial charge is 0.406 e. The van der Waals surface area contributed by atoms with E-state index in [0.717, 1.165) is 59.9 Å². The standard InChI is InChI=1S/C35H36F3N5O3S/c1-4-6-25-12-9-22(2)19-29(25)31-30(44)20-47-33(31)41-34(45)40-23(3)7-5-8-24-10-13-26(14-11-24)32-39-21-43(42-32)27-15-17-28(18-16-27)46-35(36,37)38/h9-19,21,23,31H,4-8,20H2,1-3H3,(H,40,45)/b41-33-. The summed E-state index contributed by atoms with van der Waals surface area (Å²) >= 11 is 1.35. The molecular formula is C35H36F3N5O3S. The van der Waals surface area contributed by atoms with Crippen LogP contribution in [0.4, 0.5) is 18.0 Å². The molecule has 4 aromatic rings. The first kappa shape index (κ1) is 33.9. The van der Waals surface area contributed by atoms with E-state index in [0.29, 0.717) is 22.3 Å². The Kier molecular flexibility index (Phi) is 10.8. The van der Waals surface area contributed by atoms with E-state index < -0.39 is 18.3 Å². The normalized spacial score (nSPS) is 16.4. The van der Waals surface area contributed by atoms with E-state index in [1.54, 1.807) is 0 Å². The predicted molar refractivity (Wildman–Crippen MR) is 177 cm³/mol. The number of ether oxygens (including phenoxy) is 1. The third-order valence-corrected chi connectivity index (χ3v) is 8.84. The zero-order valence-corrected chi connectivity index (χ0v) is 27.2. The molecule has 5 rings (SSSR count). The van der Waals surface area contributed by atoms with Crippen LogP contribution < -0.4 is 10.1 Å². The Morgan fingerprint density at radius 3 is 2.55 bits per heavy atom. The number of halogens is 3. The van der Waals surface area contributed by atoms with Crippen molar-refractivity contribution >= 4 is 28.6 Å². The van der Waals surface area contributed by atoms with Crippen LogP contribution in [0.25, 0.3) is 17.1 Å². The summed E-state index contributed by atoms with van der Waals surface area (Å²) in [7, 11) is 0. The fourth-order valence-corrected chi connectivity index (χ4v) is 6.53. The highest BCUT2D eigenvalue weighted by Crippen LogP contribution is 2.35. The molecule has 1 N–H and O–H groups in total. The second kappa shape index (κ2) is 15.0. The number of alkyl halides is 3. The monoisotopic (exact) mass is 663 g/mol. The van der Waals surface area contributed by atoms with E-state index in [2.05, 4.69) is 44.2 Å². The summed E-state index contributed by atoms with van der Waals surface area (Å²) in [5.41, 5.74) is 5.64. The number of hydrogen-bond donors (Lipinski definition) is 1. The van der Waals surface area contributed by atoms with Crippen LogP contribution in [0, 0.1) is 6.92 Å². The van der Waals surface area contributed by atoms with Gasteiger partial charge in [0.2, 0.25) is 0 Å². The van der Waals surface area contributed by atoms with Gasteiger partial charge in [-0.15, -0.1) is 30.0 Å². The van der Waals surface area contributed by atoms with Crippen LogP contribution in [0.2, 0.25) is 0 Å². The maximum absolute atomic E-state index is 12.9. The average Bonchev–Trinajstić information content (AvgIpc) is 3.65. The molecule has 0 bridgehead atoms. The average molecular weight is 664 g/mol. The van der Waals surface area contributed by atoms with Gasteiger partial charge < -0.3 is 10.1 Å². The van der Waals surface area contributed by atoms with Crippen molar-refractivity contribution in [3.8, 4) is 22.8 Å². The molecule has 3 aromatic carbocycles. The molecule has 2 unspecified atom stereocenters. The van der Waals surface area contributed by atoms with Gasteiger partial charge in [0.05, 0.1) is 22.4 Å². The molecule has 47 heavy (non-hydrogen) atoms. The van der Waals surface area contributed by atoms with E-state index in [-0.39, 0.29) is 17.6 Å². The summed E-state index contributed by atoms with van der Waals surface area (Å²) in [5.74, 6) is 0.0966. The van der Waals surface area contributed by atoms with Crippen LogP contribution in [-0.4, -0.2) is 49.8 Å². The summed E-state index contributed by atoms with van der Waals surface area (Å²) in [5, 5.41) is 7.98. The fraction of sp³-hybridized carbons (Fsp3) is 0.343. The highest BCUT2D eigenvalue weighted by atomic mass is 32.2. The van der Waals surface area contributed by atoms with Crippen LogP contribution >= 0.6 is 11.8 Å². The van der Waals surface area contributed by atoms with Gasteiger partial charge in [-0.2, -0.15) is 4.99 Å². The quantitative estimate of drug-likeness (QED) is 0.175. The summed E-state index contributed by atoms with van der Waals surface area (Å²) < 4.78 is 42.7. The summed E-state index contributed by atoms with van der Waals surface area (Å²) in [6.07, 6.45) is 0.996. The van der Waals surface area contributed by atoms with E-state index in [1.165, 1.54) is 47.0 Å². The number of carbonyl (C=O) groups excluding carboxylic acids is 2. The minimum Gasteiger partial charge on any atom is -0.406 e. The second-order valence-electron chi connectivity index (χ2n) is 11.6. The summed E-state index contributed by atoms with van der Waals surface area (Å²) in [4.78, 5) is 34.4. The lowest BCUT2D eigenvalue weighted by atomic mass is 9.89. The minimum absolute atomic E-state index is 0.0841. The minimum atomic E-state index is -4.75. The zero-order chi connectivity index (χ0) is 33.6. The third kappa shape index (κ3) is 9.09. The lowest BCUT2D eigenvalue weighted by Gasteiger charge is -2.16. The van der Waals surface area contributed by atoms with Crippen molar-refractivity contribution < 1.29 is 27.5 Å². The van der Waals surface area contributed by atoms with E-state index in [9.17, 15) is 22.8 Å². The van der Waals surface area contributed by atoms with Gasteiger partial charge >= 0.3 is 12.4 Å². The Hall–Kier alpha value is -4.45. The molecule has 1 aromatic heterocycles. The fourth-order valence-electron chi connectivity index (χ4n) is 5.50. The molecule has 0 radical (unpaired) electrons. The molecule has 0 saturated carbocycles. The number of ketones is 1. The number of benzene rings is 3. The number of nitrogens with one attached hydrogen (secondary N) is 1. The van der Waals surface area contributed by atoms with Crippen molar-refractivity contribution in [1.82, 2.24) is 20.1 Å². The first-order valence-corrected chi connectivity index (χ1v) is 16.5. The number of aliphatic imine (C=N–C) groups is 1. The number of aryl methyl sites for hydroxylation is 3. The molecule has 2 atom stereocenters. The number of nitrogens with zero attached hydrogens (tertiary/aromatic N) is 4. The number of Topliss-reactive ketones (excluding diaryl/α,β-unsaturated/α-hetero) is 1. The number of aromatic nitrogens is 3. The van der Waals surface area contributed by atoms with Gasteiger partial charge in [-0.1, -0.05) is 61.4 Å². The number of amides is 2. The Labute approximate surface area is 275 Å². The molecule has 8 nitrogen and oxygen atoms in total. The van der Waals surface area contributed by atoms with Gasteiger partial charge in [0.15, 0.2) is 11.6 Å². The van der Waals surface area contributed by atoms with Crippen molar-refractivity contribution in [2.75, 3.05) is 5.75 Å². The Morgan fingerprint density at radius 2 is 1.85 bits per heavy atom. The van der Waals surface area contributed by atoms with Crippen LogP contribution in [0.5, 0.6) is 5.75 Å². The SMILES string of the molecule is CCCc1ccc(C)cc1C1C(=O)CS/C1=N\C(=O)NC(C)CCCc1ccc(-c2ncn(-c3ccc(OC(F)(F)F)cc3)n2)cc1. The number of urea groups is 1. The van der Waals surface area contributed by atoms with Gasteiger partial charge in [-0.25, -0.2) is 14.5 Å². The Morgan fingerprint density at radius 1 is 1.11 bits per heavy atom. The molecule has 12 heteroatoms. The molecule has 0 spiro atoms. The van der Waals surface area contributed by atoms with Gasteiger partial charge in [-0.3, -0.25) is 4.79 Å². The first-order valence-electron chi connectivity index (χ1n) is 15.5. The van der Waals surface area contributed by atoms with Crippen molar-refractivity contribution in [2.45, 2.75) is 71.2 Å². The molecule has 246 valence electrons. The molecule has 1 aliphatic heterocycles. The maximum Gasteiger partial charge on any atom is 0.573 e. The third-order valence-electron chi connectivity index (χ3n) is 7.79. The largest absolute Gasteiger partial charge is 0.573 e. The van der Waals surface area contributed by atoms with E-state index in [4.69, 9.17) is 0 Å². The van der Waals surface area contributed by atoms with Crippen molar-refractivity contribution in [3.05, 3.63) is 95.3 Å². The maximum atomic E-state index is 12.9. The van der Waals surface area contributed by atoms with E-state index in [1.807, 2.05) is 44.2 Å². The Bertz CT molecular complexity index is 1740. The van der Waals surface area contributed by atoms with Crippen LogP contribution in [0.1, 0.15) is 61.3 Å². The molecule has 0 aliphatic carbocycles. The van der Waals surface area contributed by atoms with Crippen LogP contribution in [-0.2, 0) is 17.6 Å². The van der Waals surface area contributed by atoms with Gasteiger partial charge in [0.1, 0.15) is 12.1 Å². The molecule has 2 amide bonds. The van der Waals surface area contributed by atoms with Crippen LogP contribution in [0.3, 0.4) is 0 Å². The highest BCUT2D eigenvalue weighted by Gasteiger charge is 2.35. The lowest BCUT2D eigenvalue weighted by molar-refractivity contribution is -0.274. The summed E-state index contributed by atoms with van der Waals surface area (Å²) in [6.45, 7) is 6.06. The van der Waals surface area contributed by atoms with Crippen molar-refractivity contribution in [2.24, 2.45) is 4.99 Å². The number of carbonyl (C=O) groups is 2. The molecule has 2 heterocycles. The number of hydrogen-bond acceptors (Lipinski definition) is 6. The zero-order valence-electron chi connectivity index (χ0n) is 26.4. The predicted octanol–water partition coefficient (Wildman–Crippen LogP) is 8.01. The molecule has 1 aliphatic rings. The first-order chi connectivity index (χ1) is 22.5. The van der Waals surface area contributed by atoms with Gasteiger partial charge in [-0.05, 0) is 80.5 Å². The van der Waals surface area contributed by atoms with Gasteiger partial charge in [0.25, 0.3) is 0 Å². The number of thioether (sulfide) groups is 1. The molecular weight excluding hydrogens is 627 g/mol. The summed E-state index contributed by atoms with van der Waals surface area (Å²) in [6, 6.07) is 18.9. The highest BCUT2D eigenvalue weighted by molar-refractivity contribution is 8.15. The van der Waals surface area contributed by atoms with Gasteiger partial charge in [0, 0.05) is 11.6 Å². The lowest BCUT2D eigenvalue weighted by Crippen LogP contribution is -2.31. The number of rotatable bonds is 11. The molecule has 1 saturated heterocycles. The van der Waals surface area contributed by atoms with Crippen molar-refractivity contribution in [3.63, 3.8) is 0 Å². The topological polar surface area (TPSA) is 98.5 Å². The molecule has 1 fully saturated rings. The Balaban J connectivity index is 1.12. The second-order valence-corrected chi connectivity index (χ2v) is 12.6.